The molecule has 0 aliphatic carbocycles. The van der Waals surface area contributed by atoms with Gasteiger partial charge in [-0.05, 0) is 29.8 Å². The molecule has 2 nitrogen and oxygen atoms in total. The van der Waals surface area contributed by atoms with Gasteiger partial charge in [0.2, 0.25) is 0 Å². The van der Waals surface area contributed by atoms with Crippen LogP contribution in [0, 0.1) is 0 Å². The van der Waals surface area contributed by atoms with Gasteiger partial charge in [-0.1, -0.05) is 45.7 Å². The van der Waals surface area contributed by atoms with Crippen LogP contribution in [0.5, 0.6) is 5.75 Å². The van der Waals surface area contributed by atoms with E-state index in [1.165, 1.54) is 0 Å². The molecule has 2 aromatic carbocycles. The first-order chi connectivity index (χ1) is 9.20. The van der Waals surface area contributed by atoms with E-state index in [0.717, 1.165) is 39.5 Å². The summed E-state index contributed by atoms with van der Waals surface area (Å²) in [7, 11) is 1.69. The van der Waals surface area contributed by atoms with Gasteiger partial charge in [-0.3, -0.25) is 0 Å². The predicted molar refractivity (Wildman–Crippen MR) is 82.7 cm³/mol. The summed E-state index contributed by atoms with van der Waals surface area (Å²) in [6.45, 7) is 1.50. The Bertz CT molecular complexity index is 560. The molecule has 0 saturated carbocycles. The van der Waals surface area contributed by atoms with E-state index in [0.29, 0.717) is 0 Å². The molecule has 0 radical (unpaired) electrons. The van der Waals surface area contributed by atoms with Crippen LogP contribution in [0.25, 0.3) is 0 Å². The third-order valence-electron chi connectivity index (χ3n) is 2.83. The first kappa shape index (κ1) is 14.4. The zero-order valence-electron chi connectivity index (χ0n) is 10.6. The molecule has 4 heteroatoms. The van der Waals surface area contributed by atoms with Gasteiger partial charge in [0.05, 0.1) is 7.11 Å². The third kappa shape index (κ3) is 3.96. The quantitative estimate of drug-likeness (QED) is 0.871. The molecule has 0 fully saturated rings. The fourth-order valence-electron chi connectivity index (χ4n) is 1.86. The molecule has 0 unspecified atom stereocenters. The van der Waals surface area contributed by atoms with Gasteiger partial charge in [0.15, 0.2) is 0 Å². The molecule has 2 aromatic rings. The van der Waals surface area contributed by atoms with E-state index in [-0.39, 0.29) is 0 Å². The van der Waals surface area contributed by atoms with Gasteiger partial charge in [0.1, 0.15) is 5.75 Å². The maximum atomic E-state index is 5.99. The minimum Gasteiger partial charge on any atom is -0.496 e. The van der Waals surface area contributed by atoms with Gasteiger partial charge in [0.25, 0.3) is 0 Å². The summed E-state index contributed by atoms with van der Waals surface area (Å²) in [4.78, 5) is 0. The summed E-state index contributed by atoms with van der Waals surface area (Å²) in [5.74, 6) is 0.903. The van der Waals surface area contributed by atoms with Crippen molar-refractivity contribution in [2.45, 2.75) is 13.1 Å². The summed E-state index contributed by atoms with van der Waals surface area (Å²) in [6.07, 6.45) is 0. The molecule has 0 aliphatic heterocycles. The number of ether oxygens (including phenoxy) is 1. The van der Waals surface area contributed by atoms with E-state index in [9.17, 15) is 0 Å². The Hall–Kier alpha value is -1.03. The fourth-order valence-corrected chi connectivity index (χ4v) is 2.44. The van der Waals surface area contributed by atoms with Crippen molar-refractivity contribution in [3.63, 3.8) is 0 Å². The van der Waals surface area contributed by atoms with Crippen molar-refractivity contribution in [2.75, 3.05) is 7.11 Å². The summed E-state index contributed by atoms with van der Waals surface area (Å²) in [5, 5.41) is 4.14. The Labute approximate surface area is 126 Å². The van der Waals surface area contributed by atoms with Crippen molar-refractivity contribution < 1.29 is 4.74 Å². The highest BCUT2D eigenvalue weighted by atomic mass is 79.9. The van der Waals surface area contributed by atoms with Gasteiger partial charge in [-0.25, -0.2) is 0 Å². The summed E-state index contributed by atoms with van der Waals surface area (Å²) in [6, 6.07) is 13.8. The van der Waals surface area contributed by atoms with E-state index < -0.39 is 0 Å². The monoisotopic (exact) mass is 339 g/mol. The van der Waals surface area contributed by atoms with Crippen LogP contribution in [0.4, 0.5) is 0 Å². The number of nitrogens with one attached hydrogen (secondary N) is 1. The molecule has 0 atom stereocenters. The molecule has 19 heavy (non-hydrogen) atoms. The number of benzene rings is 2. The van der Waals surface area contributed by atoms with Gasteiger partial charge in [-0.15, -0.1) is 0 Å². The normalized spacial score (nSPS) is 10.5. The Kier molecular flexibility index (Phi) is 5.25. The van der Waals surface area contributed by atoms with E-state index in [1.54, 1.807) is 7.11 Å². The topological polar surface area (TPSA) is 21.3 Å². The maximum absolute atomic E-state index is 5.99. The molecule has 0 heterocycles. The lowest BCUT2D eigenvalue weighted by molar-refractivity contribution is 0.407. The van der Waals surface area contributed by atoms with E-state index in [2.05, 4.69) is 27.3 Å². The van der Waals surface area contributed by atoms with Crippen molar-refractivity contribution in [1.29, 1.82) is 0 Å². The summed E-state index contributed by atoms with van der Waals surface area (Å²) < 4.78 is 6.38. The molecule has 0 amide bonds. The van der Waals surface area contributed by atoms with Crippen molar-refractivity contribution in [3.05, 3.63) is 63.1 Å². The van der Waals surface area contributed by atoms with Crippen LogP contribution in [0.1, 0.15) is 11.1 Å². The van der Waals surface area contributed by atoms with Gasteiger partial charge >= 0.3 is 0 Å². The van der Waals surface area contributed by atoms with Crippen LogP contribution in [0.2, 0.25) is 5.02 Å². The number of hydrogen-bond donors (Lipinski definition) is 1. The SMILES string of the molecule is COc1ccccc1CNCc1cc(Cl)ccc1Br. The predicted octanol–water partition coefficient (Wildman–Crippen LogP) is 4.40. The standard InChI is InChI=1S/C15H15BrClNO/c1-19-15-5-3-2-4-11(15)9-18-10-12-8-13(17)6-7-14(12)16/h2-8,18H,9-10H2,1H3. The van der Waals surface area contributed by atoms with E-state index in [4.69, 9.17) is 16.3 Å². The van der Waals surface area contributed by atoms with Gasteiger partial charge in [0, 0.05) is 28.1 Å². The van der Waals surface area contributed by atoms with Crippen molar-refractivity contribution in [1.82, 2.24) is 5.32 Å². The minimum atomic E-state index is 0.747. The minimum absolute atomic E-state index is 0.747. The molecule has 0 saturated heterocycles. The van der Waals surface area contributed by atoms with Crippen LogP contribution in [0.15, 0.2) is 46.9 Å². The highest BCUT2D eigenvalue weighted by Crippen LogP contribution is 2.21. The second-order valence-electron chi connectivity index (χ2n) is 4.15. The highest BCUT2D eigenvalue weighted by Gasteiger charge is 2.03. The van der Waals surface area contributed by atoms with E-state index >= 15 is 0 Å². The lowest BCUT2D eigenvalue weighted by atomic mass is 10.2. The summed E-state index contributed by atoms with van der Waals surface area (Å²) >= 11 is 9.51. The maximum Gasteiger partial charge on any atom is 0.123 e. The molecule has 0 aromatic heterocycles. The Morgan fingerprint density at radius 3 is 2.63 bits per heavy atom. The van der Waals surface area contributed by atoms with Gasteiger partial charge in [-0.2, -0.15) is 0 Å². The van der Waals surface area contributed by atoms with Crippen LogP contribution >= 0.6 is 27.5 Å². The van der Waals surface area contributed by atoms with Crippen LogP contribution < -0.4 is 10.1 Å². The molecule has 0 aliphatic rings. The first-order valence-electron chi connectivity index (χ1n) is 5.97. The molecule has 1 N–H and O–H groups in total. The zero-order chi connectivity index (χ0) is 13.7. The van der Waals surface area contributed by atoms with Crippen molar-refractivity contribution in [2.24, 2.45) is 0 Å². The Balaban J connectivity index is 1.98. The molecule has 0 bridgehead atoms. The van der Waals surface area contributed by atoms with Crippen LogP contribution in [-0.2, 0) is 13.1 Å². The average Bonchev–Trinajstić information content (AvgIpc) is 2.43. The Morgan fingerprint density at radius 1 is 1.11 bits per heavy atom. The zero-order valence-corrected chi connectivity index (χ0v) is 13.0. The molecule has 2 rings (SSSR count). The van der Waals surface area contributed by atoms with Crippen LogP contribution in [0.3, 0.4) is 0 Å². The highest BCUT2D eigenvalue weighted by molar-refractivity contribution is 9.10. The smallest absolute Gasteiger partial charge is 0.123 e. The number of halogens is 2. The lowest BCUT2D eigenvalue weighted by Crippen LogP contribution is -2.13. The van der Waals surface area contributed by atoms with Crippen molar-refractivity contribution >= 4 is 27.5 Å². The number of hydrogen-bond acceptors (Lipinski definition) is 2. The first-order valence-corrected chi connectivity index (χ1v) is 7.14. The molecule has 0 spiro atoms. The fraction of sp³-hybridized carbons (Fsp3) is 0.200. The average molecular weight is 341 g/mol. The van der Waals surface area contributed by atoms with Gasteiger partial charge < -0.3 is 10.1 Å². The summed E-state index contributed by atoms with van der Waals surface area (Å²) in [5.41, 5.74) is 2.28. The largest absolute Gasteiger partial charge is 0.496 e. The third-order valence-corrected chi connectivity index (χ3v) is 3.84. The molecular weight excluding hydrogens is 326 g/mol. The number of methoxy groups -OCH3 is 1. The second kappa shape index (κ2) is 6.94. The lowest BCUT2D eigenvalue weighted by Gasteiger charge is -2.10. The van der Waals surface area contributed by atoms with Crippen molar-refractivity contribution in [3.8, 4) is 5.75 Å². The van der Waals surface area contributed by atoms with E-state index in [1.807, 2.05) is 36.4 Å². The number of rotatable bonds is 5. The second-order valence-corrected chi connectivity index (χ2v) is 5.44. The Morgan fingerprint density at radius 2 is 1.84 bits per heavy atom. The molecular formula is C15H15BrClNO. The van der Waals surface area contributed by atoms with Crippen LogP contribution in [-0.4, -0.2) is 7.11 Å². The number of para-hydroxylation sites is 1. The molecule has 100 valence electrons.